The van der Waals surface area contributed by atoms with Crippen LogP contribution in [0.1, 0.15) is 35.6 Å². The molecule has 2 aromatic carbocycles. The van der Waals surface area contributed by atoms with Crippen molar-refractivity contribution in [1.29, 1.82) is 0 Å². The van der Waals surface area contributed by atoms with Crippen molar-refractivity contribution in [3.63, 3.8) is 0 Å². The molecular weight excluding hydrogens is 515 g/mol. The Hall–Kier alpha value is -3.10. The zero-order chi connectivity index (χ0) is 25.5. The second kappa shape index (κ2) is 12.2. The highest BCUT2D eigenvalue weighted by Crippen LogP contribution is 2.38. The first kappa shape index (κ1) is 26.0. The summed E-state index contributed by atoms with van der Waals surface area (Å²) in [6, 6.07) is 13.5. The molecule has 1 fully saturated rings. The standard InChI is InChI=1S/C26H23Cl2F2NO5/c27-20-12-31-13-21(28)19(20)11-23(36-26(32)34-15-16-4-2-1-3-5-16)18-8-9-22(35-25(29)30)24(10-18)33-14-17-6-7-17/h1-5,8-10,12-13,17,23,25H,6-7,11,14-15H2. The third-order valence-corrected chi connectivity index (χ3v) is 6.16. The van der Waals surface area contributed by atoms with Gasteiger partial charge in [-0.1, -0.05) is 59.6 Å². The summed E-state index contributed by atoms with van der Waals surface area (Å²) in [6.07, 6.45) is 3.13. The van der Waals surface area contributed by atoms with Crippen molar-refractivity contribution >= 4 is 29.4 Å². The van der Waals surface area contributed by atoms with Gasteiger partial charge in [-0.3, -0.25) is 4.98 Å². The van der Waals surface area contributed by atoms with E-state index in [1.54, 1.807) is 0 Å². The Balaban J connectivity index is 1.58. The number of carbonyl (C=O) groups excluding carboxylic acids is 1. The number of halogens is 4. The van der Waals surface area contributed by atoms with Gasteiger partial charge >= 0.3 is 12.8 Å². The summed E-state index contributed by atoms with van der Waals surface area (Å²) in [5.74, 6) is 0.389. The van der Waals surface area contributed by atoms with Crippen molar-refractivity contribution in [3.05, 3.63) is 87.7 Å². The van der Waals surface area contributed by atoms with E-state index in [2.05, 4.69) is 9.72 Å². The van der Waals surface area contributed by atoms with Crippen molar-refractivity contribution in [2.75, 3.05) is 6.61 Å². The van der Waals surface area contributed by atoms with Crippen molar-refractivity contribution in [1.82, 2.24) is 4.98 Å². The molecule has 1 aliphatic rings. The molecule has 6 nitrogen and oxygen atoms in total. The Morgan fingerprint density at radius 1 is 1.03 bits per heavy atom. The number of hydrogen-bond donors (Lipinski definition) is 0. The second-order valence-corrected chi connectivity index (χ2v) is 9.07. The Kier molecular flexibility index (Phi) is 8.83. The van der Waals surface area contributed by atoms with Gasteiger partial charge in [0.25, 0.3) is 0 Å². The molecule has 3 aromatic rings. The Labute approximate surface area is 217 Å². The van der Waals surface area contributed by atoms with Gasteiger partial charge in [0, 0.05) is 18.8 Å². The van der Waals surface area contributed by atoms with E-state index < -0.39 is 18.9 Å². The quantitative estimate of drug-likeness (QED) is 0.237. The van der Waals surface area contributed by atoms with E-state index in [4.69, 9.17) is 37.4 Å². The number of nitrogens with zero attached hydrogens (tertiary/aromatic N) is 1. The Morgan fingerprint density at radius 3 is 2.42 bits per heavy atom. The van der Waals surface area contributed by atoms with E-state index in [1.165, 1.54) is 30.6 Å². The summed E-state index contributed by atoms with van der Waals surface area (Å²) in [4.78, 5) is 16.5. The van der Waals surface area contributed by atoms with Crippen LogP contribution < -0.4 is 9.47 Å². The lowest BCUT2D eigenvalue weighted by Gasteiger charge is -2.21. The molecule has 1 heterocycles. The predicted molar refractivity (Wildman–Crippen MR) is 130 cm³/mol. The zero-order valence-electron chi connectivity index (χ0n) is 19.0. The van der Waals surface area contributed by atoms with Crippen LogP contribution in [0.3, 0.4) is 0 Å². The van der Waals surface area contributed by atoms with Gasteiger partial charge in [-0.05, 0) is 47.6 Å². The van der Waals surface area contributed by atoms with Gasteiger partial charge in [-0.2, -0.15) is 8.78 Å². The first-order valence-electron chi connectivity index (χ1n) is 11.3. The van der Waals surface area contributed by atoms with E-state index in [0.29, 0.717) is 23.7 Å². The van der Waals surface area contributed by atoms with Crippen LogP contribution in [-0.4, -0.2) is 24.4 Å². The molecule has 1 atom stereocenters. The number of carbonyl (C=O) groups is 1. The van der Waals surface area contributed by atoms with Gasteiger partial charge < -0.3 is 18.9 Å². The number of pyridine rings is 1. The molecule has 0 amide bonds. The molecule has 0 spiro atoms. The Morgan fingerprint density at radius 2 is 1.75 bits per heavy atom. The van der Waals surface area contributed by atoms with Gasteiger partial charge in [-0.15, -0.1) is 0 Å². The van der Waals surface area contributed by atoms with Crippen molar-refractivity contribution in [2.45, 2.75) is 38.6 Å². The summed E-state index contributed by atoms with van der Waals surface area (Å²) in [5, 5.41) is 0.577. The van der Waals surface area contributed by atoms with Crippen LogP contribution in [0.15, 0.2) is 60.9 Å². The lowest BCUT2D eigenvalue weighted by molar-refractivity contribution is -0.0515. The lowest BCUT2D eigenvalue weighted by Crippen LogP contribution is -2.16. The molecule has 0 aliphatic heterocycles. The number of benzene rings is 2. The molecule has 1 unspecified atom stereocenters. The third-order valence-electron chi connectivity index (χ3n) is 5.51. The highest BCUT2D eigenvalue weighted by Gasteiger charge is 2.26. The molecule has 10 heteroatoms. The zero-order valence-corrected chi connectivity index (χ0v) is 20.6. The highest BCUT2D eigenvalue weighted by molar-refractivity contribution is 6.35. The molecule has 0 bridgehead atoms. The summed E-state index contributed by atoms with van der Waals surface area (Å²) in [6.45, 7) is -2.64. The maximum atomic E-state index is 12.9. The molecule has 0 N–H and O–H groups in total. The molecule has 1 aliphatic carbocycles. The maximum absolute atomic E-state index is 12.9. The van der Waals surface area contributed by atoms with E-state index >= 15 is 0 Å². The molecule has 190 valence electrons. The largest absolute Gasteiger partial charge is 0.509 e. The van der Waals surface area contributed by atoms with Crippen molar-refractivity contribution in [2.24, 2.45) is 5.92 Å². The minimum absolute atomic E-state index is 0.0140. The highest BCUT2D eigenvalue weighted by atomic mass is 35.5. The van der Waals surface area contributed by atoms with Crippen molar-refractivity contribution in [3.8, 4) is 11.5 Å². The minimum atomic E-state index is -3.02. The predicted octanol–water partition coefficient (Wildman–Crippen LogP) is 7.42. The molecule has 1 saturated carbocycles. The van der Waals surface area contributed by atoms with Gasteiger partial charge in [0.15, 0.2) is 11.5 Å². The van der Waals surface area contributed by atoms with Gasteiger partial charge in [-0.25, -0.2) is 4.79 Å². The molecule has 1 aromatic heterocycles. The molecule has 0 saturated heterocycles. The van der Waals surface area contributed by atoms with Crippen LogP contribution in [-0.2, 0) is 22.5 Å². The molecule has 36 heavy (non-hydrogen) atoms. The van der Waals surface area contributed by atoms with Gasteiger partial charge in [0.1, 0.15) is 12.7 Å². The Bertz CT molecular complexity index is 1160. The first-order valence-corrected chi connectivity index (χ1v) is 12.0. The van der Waals surface area contributed by atoms with Crippen LogP contribution in [0.5, 0.6) is 11.5 Å². The van der Waals surface area contributed by atoms with E-state index in [-0.39, 0.29) is 34.6 Å². The van der Waals surface area contributed by atoms with E-state index in [1.807, 2.05) is 30.3 Å². The average Bonchev–Trinajstić information content (AvgIpc) is 3.69. The smallest absolute Gasteiger partial charge is 0.489 e. The third kappa shape index (κ3) is 7.45. The van der Waals surface area contributed by atoms with Gasteiger partial charge in [0.05, 0.1) is 16.7 Å². The number of ether oxygens (including phenoxy) is 4. The first-order chi connectivity index (χ1) is 17.4. The summed E-state index contributed by atoms with van der Waals surface area (Å²) < 4.78 is 47.2. The molecule has 4 rings (SSSR count). The number of hydrogen-bond acceptors (Lipinski definition) is 6. The second-order valence-electron chi connectivity index (χ2n) is 8.26. The van der Waals surface area contributed by atoms with Crippen LogP contribution in [0.25, 0.3) is 0 Å². The maximum Gasteiger partial charge on any atom is 0.509 e. The minimum Gasteiger partial charge on any atom is -0.489 e. The fraction of sp³-hybridized carbons (Fsp3) is 0.308. The normalized spacial score (nSPS) is 13.8. The van der Waals surface area contributed by atoms with E-state index in [0.717, 1.165) is 18.4 Å². The lowest BCUT2D eigenvalue weighted by atomic mass is 10.0. The summed E-state index contributed by atoms with van der Waals surface area (Å²) in [5.41, 5.74) is 1.75. The summed E-state index contributed by atoms with van der Waals surface area (Å²) >= 11 is 12.6. The van der Waals surface area contributed by atoms with E-state index in [9.17, 15) is 13.6 Å². The fourth-order valence-electron chi connectivity index (χ4n) is 3.44. The topological polar surface area (TPSA) is 66.9 Å². The monoisotopic (exact) mass is 537 g/mol. The van der Waals surface area contributed by atoms with Crippen LogP contribution in [0.4, 0.5) is 13.6 Å². The number of rotatable bonds is 11. The SMILES string of the molecule is O=C(OCc1ccccc1)OC(Cc1c(Cl)cncc1Cl)c1ccc(OC(F)F)c(OCC2CC2)c1. The average molecular weight is 538 g/mol. The summed E-state index contributed by atoms with van der Waals surface area (Å²) in [7, 11) is 0. The van der Waals surface area contributed by atoms with Crippen LogP contribution >= 0.6 is 23.2 Å². The van der Waals surface area contributed by atoms with Gasteiger partial charge in [0.2, 0.25) is 0 Å². The van der Waals surface area contributed by atoms with Crippen LogP contribution in [0.2, 0.25) is 10.0 Å². The van der Waals surface area contributed by atoms with Crippen LogP contribution in [0, 0.1) is 5.92 Å². The van der Waals surface area contributed by atoms with Crippen molar-refractivity contribution < 1.29 is 32.5 Å². The fourth-order valence-corrected chi connectivity index (χ4v) is 3.95. The molecular formula is C26H23Cl2F2NO5. The number of alkyl halides is 2. The molecule has 0 radical (unpaired) electrons. The number of aromatic nitrogens is 1.